The molecule has 0 aliphatic rings. The van der Waals surface area contributed by atoms with Crippen LogP contribution in [0, 0.1) is 5.92 Å². The first-order chi connectivity index (χ1) is 16.2. The van der Waals surface area contributed by atoms with Crippen LogP contribution in [0.5, 0.6) is 0 Å². The third-order valence-electron chi connectivity index (χ3n) is 5.09. The molecule has 1 atom stereocenters. The first kappa shape index (κ1) is 29.5. The number of carbonyl (C=O) groups is 2. The van der Waals surface area contributed by atoms with Crippen molar-refractivity contribution in [3.05, 3.63) is 62.1 Å². The maximum absolute atomic E-state index is 13.5. The second-order valence-electron chi connectivity index (χ2n) is 8.42. The van der Waals surface area contributed by atoms with Crippen LogP contribution in [-0.2, 0) is 26.2 Å². The van der Waals surface area contributed by atoms with E-state index < -0.39 is 28.5 Å². The Morgan fingerprint density at radius 1 is 0.943 bits per heavy atom. The third kappa shape index (κ3) is 8.15. The lowest BCUT2D eigenvalue weighted by atomic mass is 10.1. The predicted octanol–water partition coefficient (Wildman–Crippen LogP) is 5.26. The molecule has 0 spiro atoms. The number of anilines is 1. The number of nitrogens with zero attached hydrogens (tertiary/aromatic N) is 2. The summed E-state index contributed by atoms with van der Waals surface area (Å²) in [6.45, 7) is 5.25. The van der Waals surface area contributed by atoms with Gasteiger partial charge >= 0.3 is 0 Å². The molecule has 0 saturated heterocycles. The van der Waals surface area contributed by atoms with Crippen LogP contribution in [0.2, 0.25) is 20.1 Å². The van der Waals surface area contributed by atoms with E-state index in [-0.39, 0.29) is 39.1 Å². The van der Waals surface area contributed by atoms with Gasteiger partial charge in [0.1, 0.15) is 12.6 Å². The van der Waals surface area contributed by atoms with Gasteiger partial charge in [-0.2, -0.15) is 0 Å². The van der Waals surface area contributed by atoms with Crippen molar-refractivity contribution in [1.29, 1.82) is 0 Å². The molecule has 2 aromatic carbocycles. The minimum Gasteiger partial charge on any atom is -0.354 e. The Hall–Kier alpha value is -1.71. The molecule has 2 amide bonds. The summed E-state index contributed by atoms with van der Waals surface area (Å²) < 4.78 is 26.1. The number of halogens is 4. The summed E-state index contributed by atoms with van der Waals surface area (Å²) in [6.07, 6.45) is 0.941. The molecule has 7 nitrogen and oxygen atoms in total. The predicted molar refractivity (Wildman–Crippen MR) is 143 cm³/mol. The van der Waals surface area contributed by atoms with E-state index in [9.17, 15) is 18.0 Å². The Kier molecular flexibility index (Phi) is 10.5. The number of carbonyl (C=O) groups excluding carboxylic acids is 2. The Labute approximate surface area is 226 Å². The molecule has 2 rings (SSSR count). The van der Waals surface area contributed by atoms with Gasteiger partial charge < -0.3 is 10.2 Å². The van der Waals surface area contributed by atoms with Gasteiger partial charge in [0.15, 0.2) is 0 Å². The van der Waals surface area contributed by atoms with Gasteiger partial charge in [-0.25, -0.2) is 8.42 Å². The molecule has 35 heavy (non-hydrogen) atoms. The van der Waals surface area contributed by atoms with Crippen molar-refractivity contribution in [3.63, 3.8) is 0 Å². The minimum atomic E-state index is -3.97. The van der Waals surface area contributed by atoms with Crippen LogP contribution in [0.1, 0.15) is 26.3 Å². The highest BCUT2D eigenvalue weighted by Crippen LogP contribution is 2.35. The van der Waals surface area contributed by atoms with Crippen LogP contribution < -0.4 is 9.62 Å². The highest BCUT2D eigenvalue weighted by molar-refractivity contribution is 7.92. The summed E-state index contributed by atoms with van der Waals surface area (Å²) in [5.74, 6) is -0.807. The van der Waals surface area contributed by atoms with E-state index in [4.69, 9.17) is 46.4 Å². The molecule has 0 saturated carbocycles. The van der Waals surface area contributed by atoms with Crippen molar-refractivity contribution >= 4 is 73.9 Å². The number of amides is 2. The number of nitrogens with one attached hydrogen (secondary N) is 1. The van der Waals surface area contributed by atoms with E-state index in [0.29, 0.717) is 17.1 Å². The average Bonchev–Trinajstić information content (AvgIpc) is 2.76. The van der Waals surface area contributed by atoms with Gasteiger partial charge in [0.25, 0.3) is 0 Å². The molecule has 0 aromatic heterocycles. The number of benzene rings is 2. The number of sulfonamides is 1. The molecule has 0 bridgehead atoms. The van der Waals surface area contributed by atoms with Gasteiger partial charge in [0, 0.05) is 18.1 Å². The number of hydrogen-bond donors (Lipinski definition) is 1. The standard InChI is InChI=1S/C23H27Cl4N3O4S/c1-14(2)11-28-23(32)15(3)29(12-16-7-5-6-8-17(16)24)22(31)13-30(35(4,33)34)21-10-19(26)18(25)9-20(21)27/h5-10,14-15H,11-13H2,1-4H3,(H,28,32)/t15-/m0/s1. The molecule has 0 fully saturated rings. The maximum atomic E-state index is 13.5. The van der Waals surface area contributed by atoms with Gasteiger partial charge in [0.05, 0.1) is 27.0 Å². The highest BCUT2D eigenvalue weighted by Gasteiger charge is 2.31. The Bertz CT molecular complexity index is 1190. The molecule has 12 heteroatoms. The molecule has 0 radical (unpaired) electrons. The largest absolute Gasteiger partial charge is 0.354 e. The lowest BCUT2D eigenvalue weighted by Crippen LogP contribution is -2.51. The van der Waals surface area contributed by atoms with Crippen molar-refractivity contribution in [1.82, 2.24) is 10.2 Å². The molecular formula is C23H27Cl4N3O4S. The van der Waals surface area contributed by atoms with Crippen molar-refractivity contribution in [2.45, 2.75) is 33.4 Å². The van der Waals surface area contributed by atoms with Crippen molar-refractivity contribution < 1.29 is 18.0 Å². The van der Waals surface area contributed by atoms with E-state index >= 15 is 0 Å². The quantitative estimate of drug-likeness (QED) is 0.387. The van der Waals surface area contributed by atoms with Gasteiger partial charge in [-0.05, 0) is 36.6 Å². The summed E-state index contributed by atoms with van der Waals surface area (Å²) in [6, 6.07) is 8.56. The van der Waals surface area contributed by atoms with E-state index in [1.807, 2.05) is 13.8 Å². The summed E-state index contributed by atoms with van der Waals surface area (Å²) in [5.41, 5.74) is 0.594. The Morgan fingerprint density at radius 3 is 2.11 bits per heavy atom. The Balaban J connectivity index is 2.45. The first-order valence-electron chi connectivity index (χ1n) is 10.6. The lowest BCUT2D eigenvalue weighted by Gasteiger charge is -2.32. The monoisotopic (exact) mass is 581 g/mol. The first-order valence-corrected chi connectivity index (χ1v) is 14.0. The van der Waals surface area contributed by atoms with Crippen LogP contribution >= 0.6 is 46.4 Å². The topological polar surface area (TPSA) is 86.8 Å². The Morgan fingerprint density at radius 2 is 1.54 bits per heavy atom. The van der Waals surface area contributed by atoms with Crippen LogP contribution in [-0.4, -0.2) is 50.5 Å². The van der Waals surface area contributed by atoms with Crippen LogP contribution in [0.15, 0.2) is 36.4 Å². The second kappa shape index (κ2) is 12.5. The third-order valence-corrected chi connectivity index (χ3v) is 7.61. The van der Waals surface area contributed by atoms with Crippen LogP contribution in [0.3, 0.4) is 0 Å². The lowest BCUT2D eigenvalue weighted by molar-refractivity contribution is -0.139. The maximum Gasteiger partial charge on any atom is 0.244 e. The molecule has 1 N–H and O–H groups in total. The van der Waals surface area contributed by atoms with Crippen LogP contribution in [0.25, 0.3) is 0 Å². The molecular weight excluding hydrogens is 556 g/mol. The fourth-order valence-corrected chi connectivity index (χ4v) is 4.89. The zero-order valence-corrected chi connectivity index (χ0v) is 23.5. The fourth-order valence-electron chi connectivity index (χ4n) is 3.14. The van der Waals surface area contributed by atoms with E-state index in [2.05, 4.69) is 5.32 Å². The van der Waals surface area contributed by atoms with Crippen molar-refractivity contribution in [2.24, 2.45) is 5.92 Å². The number of hydrogen-bond acceptors (Lipinski definition) is 4. The van der Waals surface area contributed by atoms with E-state index in [1.54, 1.807) is 31.2 Å². The molecule has 0 heterocycles. The summed E-state index contributed by atoms with van der Waals surface area (Å²) in [7, 11) is -3.97. The average molecular weight is 583 g/mol. The minimum absolute atomic E-state index is 0.00185. The van der Waals surface area contributed by atoms with Gasteiger partial charge in [-0.1, -0.05) is 78.5 Å². The van der Waals surface area contributed by atoms with Gasteiger partial charge in [-0.15, -0.1) is 0 Å². The van der Waals surface area contributed by atoms with E-state index in [0.717, 1.165) is 10.6 Å². The normalized spacial score (nSPS) is 12.4. The van der Waals surface area contributed by atoms with Gasteiger partial charge in [0.2, 0.25) is 21.8 Å². The van der Waals surface area contributed by atoms with Crippen molar-refractivity contribution in [3.8, 4) is 0 Å². The zero-order chi connectivity index (χ0) is 26.5. The molecule has 0 aliphatic heterocycles. The summed E-state index contributed by atoms with van der Waals surface area (Å²) >= 11 is 24.6. The van der Waals surface area contributed by atoms with Gasteiger partial charge in [-0.3, -0.25) is 13.9 Å². The molecule has 0 unspecified atom stereocenters. The zero-order valence-electron chi connectivity index (χ0n) is 19.7. The molecule has 192 valence electrons. The second-order valence-corrected chi connectivity index (χ2v) is 12.0. The summed E-state index contributed by atoms with van der Waals surface area (Å²) in [5, 5.41) is 3.42. The van der Waals surface area contributed by atoms with Crippen molar-refractivity contribution in [2.75, 3.05) is 23.7 Å². The molecule has 2 aromatic rings. The summed E-state index contributed by atoms with van der Waals surface area (Å²) in [4.78, 5) is 27.6. The molecule has 0 aliphatic carbocycles. The smallest absolute Gasteiger partial charge is 0.244 e. The number of rotatable bonds is 10. The van der Waals surface area contributed by atoms with E-state index in [1.165, 1.54) is 17.0 Å². The fraction of sp³-hybridized carbons (Fsp3) is 0.391. The SMILES string of the molecule is CC(C)CNC(=O)[C@H](C)N(Cc1ccccc1Cl)C(=O)CN(c1cc(Cl)c(Cl)cc1Cl)S(C)(=O)=O. The highest BCUT2D eigenvalue weighted by atomic mass is 35.5. The van der Waals surface area contributed by atoms with Crippen LogP contribution in [0.4, 0.5) is 5.69 Å².